The molecule has 0 aliphatic heterocycles. The number of nitrogens with one attached hydrogen (secondary N) is 1. The molecule has 0 radical (unpaired) electrons. The average molecular weight is 467 g/mol. The maximum Gasteiger partial charge on any atom is 0.326 e. The van der Waals surface area contributed by atoms with Crippen LogP contribution in [0.2, 0.25) is 10.0 Å². The number of carboxylic acid groups (broad SMARTS) is 1. The first-order valence-corrected chi connectivity index (χ1v) is 9.57. The SMILES string of the molecule is O=C(N[C@@H](Cc1ccc(Br)c2ccccc12)C(=O)O)c1c(Cl)cccc1Cl. The first-order valence-electron chi connectivity index (χ1n) is 8.02. The van der Waals surface area contributed by atoms with E-state index in [0.29, 0.717) is 0 Å². The minimum absolute atomic E-state index is 0.0627. The number of hydrogen-bond donors (Lipinski definition) is 2. The molecule has 0 saturated carbocycles. The summed E-state index contributed by atoms with van der Waals surface area (Å²) in [6.45, 7) is 0. The van der Waals surface area contributed by atoms with Crippen molar-refractivity contribution >= 4 is 61.8 Å². The summed E-state index contributed by atoms with van der Waals surface area (Å²) in [5.74, 6) is -1.77. The highest BCUT2D eigenvalue weighted by Crippen LogP contribution is 2.28. The lowest BCUT2D eigenvalue weighted by Crippen LogP contribution is -2.42. The van der Waals surface area contributed by atoms with Gasteiger partial charge in [-0.1, -0.05) is 75.5 Å². The molecular weight excluding hydrogens is 453 g/mol. The Labute approximate surface area is 174 Å². The van der Waals surface area contributed by atoms with Gasteiger partial charge in [0.05, 0.1) is 15.6 Å². The molecule has 1 atom stereocenters. The molecule has 0 unspecified atom stereocenters. The van der Waals surface area contributed by atoms with E-state index in [2.05, 4.69) is 21.2 Å². The second-order valence-corrected chi connectivity index (χ2v) is 7.59. The number of carboxylic acids is 1. The van der Waals surface area contributed by atoms with E-state index in [4.69, 9.17) is 23.2 Å². The van der Waals surface area contributed by atoms with Gasteiger partial charge < -0.3 is 10.4 Å². The second kappa shape index (κ2) is 8.30. The molecule has 3 aromatic carbocycles. The van der Waals surface area contributed by atoms with Gasteiger partial charge in [-0.3, -0.25) is 4.79 Å². The molecule has 27 heavy (non-hydrogen) atoms. The maximum atomic E-state index is 12.6. The van der Waals surface area contributed by atoms with Crippen LogP contribution in [0.1, 0.15) is 15.9 Å². The average Bonchev–Trinajstić information content (AvgIpc) is 2.63. The lowest BCUT2D eigenvalue weighted by Gasteiger charge is -2.17. The van der Waals surface area contributed by atoms with Gasteiger partial charge in [0.2, 0.25) is 0 Å². The first-order chi connectivity index (χ1) is 12.9. The number of carbonyl (C=O) groups is 2. The molecule has 2 N–H and O–H groups in total. The van der Waals surface area contributed by atoms with Gasteiger partial charge in [-0.2, -0.15) is 0 Å². The molecule has 1 amide bonds. The highest BCUT2D eigenvalue weighted by atomic mass is 79.9. The number of halogens is 3. The van der Waals surface area contributed by atoms with Crippen LogP contribution in [-0.2, 0) is 11.2 Å². The van der Waals surface area contributed by atoms with Crippen LogP contribution in [0.3, 0.4) is 0 Å². The monoisotopic (exact) mass is 465 g/mol. The summed E-state index contributed by atoms with van der Waals surface area (Å²) in [5.41, 5.74) is 0.875. The Morgan fingerprint density at radius 3 is 2.22 bits per heavy atom. The Kier molecular flexibility index (Phi) is 6.05. The Morgan fingerprint density at radius 1 is 0.963 bits per heavy atom. The topological polar surface area (TPSA) is 66.4 Å². The third-order valence-electron chi connectivity index (χ3n) is 4.18. The van der Waals surface area contributed by atoms with Crippen LogP contribution in [0.5, 0.6) is 0 Å². The standard InChI is InChI=1S/C20H14BrCl2NO3/c21-14-9-8-11(12-4-1-2-5-13(12)14)10-17(20(26)27)24-19(25)18-15(22)6-3-7-16(18)23/h1-9,17H,10H2,(H,24,25)(H,26,27)/t17-/m0/s1. The number of benzene rings is 3. The first kappa shape index (κ1) is 19.7. The molecule has 7 heteroatoms. The summed E-state index contributed by atoms with van der Waals surface area (Å²) in [6.07, 6.45) is 0.122. The van der Waals surface area contributed by atoms with E-state index in [1.807, 2.05) is 36.4 Å². The molecule has 0 spiro atoms. The highest BCUT2D eigenvalue weighted by molar-refractivity contribution is 9.10. The number of carbonyl (C=O) groups excluding carboxylic acids is 1. The molecule has 3 aromatic rings. The molecule has 0 saturated heterocycles. The van der Waals surface area contributed by atoms with Crippen LogP contribution < -0.4 is 5.32 Å². The number of amides is 1. The largest absolute Gasteiger partial charge is 0.480 e. The van der Waals surface area contributed by atoms with Crippen molar-refractivity contribution in [1.29, 1.82) is 0 Å². The lowest BCUT2D eigenvalue weighted by atomic mass is 9.98. The fourth-order valence-corrected chi connectivity index (χ4v) is 3.91. The van der Waals surface area contributed by atoms with Gasteiger partial charge in [-0.05, 0) is 34.5 Å². The fraction of sp³-hybridized carbons (Fsp3) is 0.100. The quantitative estimate of drug-likeness (QED) is 0.533. The Hall–Kier alpha value is -2.08. The molecular formula is C20H14BrCl2NO3. The smallest absolute Gasteiger partial charge is 0.326 e. The van der Waals surface area contributed by atoms with Gasteiger partial charge in [0.25, 0.3) is 5.91 Å². The fourth-order valence-electron chi connectivity index (χ4n) is 2.87. The molecule has 4 nitrogen and oxygen atoms in total. The van der Waals surface area contributed by atoms with Crippen LogP contribution in [0, 0.1) is 0 Å². The Morgan fingerprint density at radius 2 is 1.59 bits per heavy atom. The van der Waals surface area contributed by atoms with E-state index in [0.717, 1.165) is 20.8 Å². The zero-order valence-electron chi connectivity index (χ0n) is 13.9. The van der Waals surface area contributed by atoms with Crippen molar-refractivity contribution < 1.29 is 14.7 Å². The van der Waals surface area contributed by atoms with Gasteiger partial charge in [-0.25, -0.2) is 4.79 Å². The summed E-state index contributed by atoms with van der Waals surface area (Å²) in [4.78, 5) is 24.3. The summed E-state index contributed by atoms with van der Waals surface area (Å²) >= 11 is 15.6. The van der Waals surface area contributed by atoms with Gasteiger partial charge in [-0.15, -0.1) is 0 Å². The van der Waals surface area contributed by atoms with Gasteiger partial charge >= 0.3 is 5.97 Å². The van der Waals surface area contributed by atoms with E-state index in [9.17, 15) is 14.7 Å². The predicted molar refractivity (Wildman–Crippen MR) is 111 cm³/mol. The van der Waals surface area contributed by atoms with Crippen LogP contribution in [-0.4, -0.2) is 23.0 Å². The van der Waals surface area contributed by atoms with Crippen LogP contribution in [0.4, 0.5) is 0 Å². The van der Waals surface area contributed by atoms with Crippen molar-refractivity contribution in [3.05, 3.63) is 80.2 Å². The number of rotatable bonds is 5. The maximum absolute atomic E-state index is 12.6. The number of aliphatic carboxylic acids is 1. The Balaban J connectivity index is 1.91. The van der Waals surface area contributed by atoms with Gasteiger partial charge in [0.1, 0.15) is 6.04 Å². The normalized spacial score (nSPS) is 12.0. The van der Waals surface area contributed by atoms with Crippen molar-refractivity contribution in [1.82, 2.24) is 5.32 Å². The van der Waals surface area contributed by atoms with Crippen molar-refractivity contribution in [3.8, 4) is 0 Å². The summed E-state index contributed by atoms with van der Waals surface area (Å²) in [6, 6.07) is 14.9. The molecule has 0 bridgehead atoms. The molecule has 0 fully saturated rings. The number of hydrogen-bond acceptors (Lipinski definition) is 2. The lowest BCUT2D eigenvalue weighted by molar-refractivity contribution is -0.139. The predicted octanol–water partition coefficient (Wildman–Crippen LogP) is 5.33. The molecule has 0 heterocycles. The zero-order valence-corrected chi connectivity index (χ0v) is 17.0. The third kappa shape index (κ3) is 4.26. The third-order valence-corrected chi connectivity index (χ3v) is 5.50. The summed E-state index contributed by atoms with van der Waals surface area (Å²) in [7, 11) is 0. The minimum atomic E-state index is -1.14. The molecule has 0 aromatic heterocycles. The molecule has 0 aliphatic carbocycles. The number of fused-ring (bicyclic) bond motifs is 1. The van der Waals surface area contributed by atoms with Crippen molar-refractivity contribution in [2.45, 2.75) is 12.5 Å². The zero-order chi connectivity index (χ0) is 19.6. The van der Waals surface area contributed by atoms with Crippen LogP contribution in [0.15, 0.2) is 59.1 Å². The highest BCUT2D eigenvalue weighted by Gasteiger charge is 2.24. The summed E-state index contributed by atoms with van der Waals surface area (Å²) in [5, 5.41) is 14.4. The van der Waals surface area contributed by atoms with E-state index in [1.165, 1.54) is 12.1 Å². The Bertz CT molecular complexity index is 1020. The van der Waals surface area contributed by atoms with E-state index < -0.39 is 17.9 Å². The van der Waals surface area contributed by atoms with E-state index >= 15 is 0 Å². The van der Waals surface area contributed by atoms with E-state index in [1.54, 1.807) is 6.07 Å². The molecule has 3 rings (SSSR count). The minimum Gasteiger partial charge on any atom is -0.480 e. The van der Waals surface area contributed by atoms with Crippen molar-refractivity contribution in [2.75, 3.05) is 0 Å². The van der Waals surface area contributed by atoms with Crippen LogP contribution in [0.25, 0.3) is 10.8 Å². The van der Waals surface area contributed by atoms with Gasteiger partial charge in [0, 0.05) is 10.9 Å². The van der Waals surface area contributed by atoms with Crippen molar-refractivity contribution in [2.24, 2.45) is 0 Å². The molecule has 138 valence electrons. The van der Waals surface area contributed by atoms with Gasteiger partial charge in [0.15, 0.2) is 0 Å². The summed E-state index contributed by atoms with van der Waals surface area (Å²) < 4.78 is 0.917. The van der Waals surface area contributed by atoms with Crippen LogP contribution >= 0.6 is 39.1 Å². The second-order valence-electron chi connectivity index (χ2n) is 5.92. The molecule has 0 aliphatic rings. The van der Waals surface area contributed by atoms with E-state index in [-0.39, 0.29) is 22.0 Å². The van der Waals surface area contributed by atoms with Crippen molar-refractivity contribution in [3.63, 3.8) is 0 Å².